The molecule has 2 nitrogen and oxygen atoms in total. The van der Waals surface area contributed by atoms with Crippen molar-refractivity contribution >= 4 is 0 Å². The van der Waals surface area contributed by atoms with Gasteiger partial charge in [0.2, 0.25) is 0 Å². The van der Waals surface area contributed by atoms with Gasteiger partial charge in [-0.3, -0.25) is 0 Å². The highest BCUT2D eigenvalue weighted by molar-refractivity contribution is 5.37. The lowest BCUT2D eigenvalue weighted by Gasteiger charge is -2.25. The smallest absolute Gasteiger partial charge is 0.139 e. The van der Waals surface area contributed by atoms with Gasteiger partial charge in [0.1, 0.15) is 11.9 Å². The van der Waals surface area contributed by atoms with Crippen LogP contribution in [-0.4, -0.2) is 6.04 Å². The minimum atomic E-state index is -0.127. The molecule has 0 aliphatic rings. The van der Waals surface area contributed by atoms with Crippen LogP contribution < -0.4 is 10.5 Å². The monoisotopic (exact) mass is 269 g/mol. The molecule has 0 saturated carbocycles. The Hall–Kier alpha value is -1.80. The number of aryl methyl sites for hydroxylation is 3. The summed E-state index contributed by atoms with van der Waals surface area (Å²) in [7, 11) is 0. The van der Waals surface area contributed by atoms with Crippen molar-refractivity contribution in [3.05, 3.63) is 64.7 Å². The van der Waals surface area contributed by atoms with Crippen molar-refractivity contribution < 1.29 is 4.74 Å². The molecule has 2 N–H and O–H groups in total. The molecule has 2 rings (SSSR count). The van der Waals surface area contributed by atoms with E-state index in [1.807, 2.05) is 25.1 Å². The predicted molar refractivity (Wildman–Crippen MR) is 84.1 cm³/mol. The first-order valence-corrected chi connectivity index (χ1v) is 7.04. The Labute approximate surface area is 121 Å². The normalized spacial score (nSPS) is 13.8. The molecule has 20 heavy (non-hydrogen) atoms. The number of nitrogens with two attached hydrogens (primary N) is 1. The summed E-state index contributed by atoms with van der Waals surface area (Å²) in [5.74, 6) is 0.904. The van der Waals surface area contributed by atoms with Crippen molar-refractivity contribution in [1.29, 1.82) is 0 Å². The quantitative estimate of drug-likeness (QED) is 0.907. The van der Waals surface area contributed by atoms with Crippen LogP contribution in [0.1, 0.15) is 35.3 Å². The summed E-state index contributed by atoms with van der Waals surface area (Å²) in [4.78, 5) is 0. The molecular formula is C18H23NO. The fourth-order valence-electron chi connectivity index (χ4n) is 2.43. The summed E-state index contributed by atoms with van der Waals surface area (Å²) in [5, 5.41) is 0. The first-order chi connectivity index (χ1) is 9.49. The minimum Gasteiger partial charge on any atom is -0.484 e. The van der Waals surface area contributed by atoms with Crippen molar-refractivity contribution in [3.8, 4) is 5.75 Å². The predicted octanol–water partition coefficient (Wildman–Crippen LogP) is 4.08. The van der Waals surface area contributed by atoms with Crippen molar-refractivity contribution in [2.45, 2.75) is 39.8 Å². The van der Waals surface area contributed by atoms with Crippen LogP contribution in [0.5, 0.6) is 5.75 Å². The summed E-state index contributed by atoms with van der Waals surface area (Å²) in [5.41, 5.74) is 10.9. The maximum Gasteiger partial charge on any atom is 0.139 e. The van der Waals surface area contributed by atoms with Gasteiger partial charge in [0.05, 0.1) is 0 Å². The first kappa shape index (κ1) is 14.6. The van der Waals surface area contributed by atoms with Crippen molar-refractivity contribution in [1.82, 2.24) is 0 Å². The fourth-order valence-corrected chi connectivity index (χ4v) is 2.43. The molecule has 2 aromatic carbocycles. The molecule has 2 unspecified atom stereocenters. The molecule has 0 aromatic heterocycles. The fraction of sp³-hybridized carbons (Fsp3) is 0.333. The largest absolute Gasteiger partial charge is 0.484 e. The number of hydrogen-bond acceptors (Lipinski definition) is 2. The molecule has 2 atom stereocenters. The van der Waals surface area contributed by atoms with Crippen molar-refractivity contribution in [2.75, 3.05) is 0 Å². The molecule has 106 valence electrons. The Morgan fingerprint density at radius 2 is 1.65 bits per heavy atom. The molecule has 0 radical (unpaired) electrons. The zero-order valence-corrected chi connectivity index (χ0v) is 12.7. The Kier molecular flexibility index (Phi) is 4.46. The van der Waals surface area contributed by atoms with E-state index in [2.05, 4.69) is 45.0 Å². The third kappa shape index (κ3) is 3.20. The SMILES string of the molecule is Cc1ccc(OC(c2ccccc2C)C(C)N)c(C)c1. The van der Waals surface area contributed by atoms with E-state index in [-0.39, 0.29) is 12.1 Å². The van der Waals surface area contributed by atoms with E-state index in [1.54, 1.807) is 0 Å². The summed E-state index contributed by atoms with van der Waals surface area (Å²) in [6.07, 6.45) is -0.127. The van der Waals surface area contributed by atoms with E-state index in [4.69, 9.17) is 10.5 Å². The average Bonchev–Trinajstić information content (AvgIpc) is 2.39. The molecule has 0 heterocycles. The van der Waals surface area contributed by atoms with Gasteiger partial charge < -0.3 is 10.5 Å². The van der Waals surface area contributed by atoms with Crippen LogP contribution in [0.2, 0.25) is 0 Å². The van der Waals surface area contributed by atoms with Crippen LogP contribution in [0.3, 0.4) is 0 Å². The lowest BCUT2D eigenvalue weighted by Crippen LogP contribution is -2.29. The van der Waals surface area contributed by atoms with Gasteiger partial charge in [-0.2, -0.15) is 0 Å². The lowest BCUT2D eigenvalue weighted by atomic mass is 9.99. The Bertz CT molecular complexity index is 590. The number of ether oxygens (including phenoxy) is 1. The molecule has 0 amide bonds. The van der Waals surface area contributed by atoms with Crippen molar-refractivity contribution in [2.24, 2.45) is 5.73 Å². The molecule has 0 bridgehead atoms. The van der Waals surface area contributed by atoms with Gasteiger partial charge in [0.25, 0.3) is 0 Å². The number of benzene rings is 2. The van der Waals surface area contributed by atoms with E-state index in [0.717, 1.165) is 16.9 Å². The number of rotatable bonds is 4. The van der Waals surface area contributed by atoms with Crippen LogP contribution in [0, 0.1) is 20.8 Å². The van der Waals surface area contributed by atoms with Gasteiger partial charge in [-0.15, -0.1) is 0 Å². The van der Waals surface area contributed by atoms with Crippen LogP contribution in [-0.2, 0) is 0 Å². The Morgan fingerprint density at radius 3 is 2.25 bits per heavy atom. The zero-order valence-electron chi connectivity index (χ0n) is 12.7. The topological polar surface area (TPSA) is 35.2 Å². The highest BCUT2D eigenvalue weighted by Crippen LogP contribution is 2.29. The highest BCUT2D eigenvalue weighted by atomic mass is 16.5. The molecule has 0 aliphatic carbocycles. The lowest BCUT2D eigenvalue weighted by molar-refractivity contribution is 0.178. The van der Waals surface area contributed by atoms with Gasteiger partial charge >= 0.3 is 0 Å². The van der Waals surface area contributed by atoms with Crippen LogP contribution in [0.4, 0.5) is 0 Å². The number of hydrogen-bond donors (Lipinski definition) is 1. The highest BCUT2D eigenvalue weighted by Gasteiger charge is 2.20. The Balaban J connectivity index is 2.33. The standard InChI is InChI=1S/C18H23NO/c1-12-9-10-17(14(3)11-12)20-18(15(4)19)16-8-6-5-7-13(16)2/h5-11,15,18H,19H2,1-4H3. The maximum absolute atomic E-state index is 6.20. The van der Waals surface area contributed by atoms with E-state index < -0.39 is 0 Å². The molecule has 2 aromatic rings. The second-order valence-electron chi connectivity index (χ2n) is 5.52. The van der Waals surface area contributed by atoms with E-state index >= 15 is 0 Å². The molecule has 0 fully saturated rings. The zero-order chi connectivity index (χ0) is 14.7. The van der Waals surface area contributed by atoms with Crippen LogP contribution in [0.15, 0.2) is 42.5 Å². The third-order valence-corrected chi connectivity index (χ3v) is 3.56. The second kappa shape index (κ2) is 6.10. The van der Waals surface area contributed by atoms with Gasteiger partial charge in [-0.1, -0.05) is 42.0 Å². The van der Waals surface area contributed by atoms with Crippen LogP contribution >= 0.6 is 0 Å². The van der Waals surface area contributed by atoms with Gasteiger partial charge in [-0.25, -0.2) is 0 Å². The summed E-state index contributed by atoms with van der Waals surface area (Å²) < 4.78 is 6.20. The summed E-state index contributed by atoms with van der Waals surface area (Å²) in [6.45, 7) is 8.23. The minimum absolute atomic E-state index is 0.0724. The summed E-state index contributed by atoms with van der Waals surface area (Å²) >= 11 is 0. The third-order valence-electron chi connectivity index (χ3n) is 3.56. The van der Waals surface area contributed by atoms with Gasteiger partial charge in [0, 0.05) is 6.04 Å². The average molecular weight is 269 g/mol. The molecule has 0 saturated heterocycles. The first-order valence-electron chi connectivity index (χ1n) is 7.04. The van der Waals surface area contributed by atoms with Crippen molar-refractivity contribution in [3.63, 3.8) is 0 Å². The molecule has 0 aliphatic heterocycles. The molecular weight excluding hydrogens is 246 g/mol. The van der Waals surface area contributed by atoms with E-state index in [0.29, 0.717) is 0 Å². The van der Waals surface area contributed by atoms with E-state index in [9.17, 15) is 0 Å². The van der Waals surface area contributed by atoms with E-state index in [1.165, 1.54) is 11.1 Å². The van der Waals surface area contributed by atoms with Crippen LogP contribution in [0.25, 0.3) is 0 Å². The van der Waals surface area contributed by atoms with Gasteiger partial charge in [0.15, 0.2) is 0 Å². The molecule has 2 heteroatoms. The second-order valence-corrected chi connectivity index (χ2v) is 5.52. The molecule has 0 spiro atoms. The Morgan fingerprint density at radius 1 is 0.950 bits per heavy atom. The maximum atomic E-state index is 6.20. The summed E-state index contributed by atoms with van der Waals surface area (Å²) in [6, 6.07) is 14.4. The van der Waals surface area contributed by atoms with Gasteiger partial charge in [-0.05, 0) is 50.5 Å².